The fourth-order valence-electron chi connectivity index (χ4n) is 1.71. The Morgan fingerprint density at radius 1 is 1.11 bits per heavy atom. The molecule has 4 nitrogen and oxygen atoms in total. The summed E-state index contributed by atoms with van der Waals surface area (Å²) >= 11 is 0. The van der Waals surface area contributed by atoms with E-state index in [1.165, 1.54) is 0 Å². The monoisotopic (exact) mass is 253 g/mol. The van der Waals surface area contributed by atoms with Gasteiger partial charge in [-0.15, -0.1) is 0 Å². The summed E-state index contributed by atoms with van der Waals surface area (Å²) in [5.41, 5.74) is 6.85. The molecule has 2 N–H and O–H groups in total. The quantitative estimate of drug-likeness (QED) is 0.759. The van der Waals surface area contributed by atoms with Crippen molar-refractivity contribution < 1.29 is 14.2 Å². The topological polar surface area (TPSA) is 53.7 Å². The molecule has 1 aromatic rings. The summed E-state index contributed by atoms with van der Waals surface area (Å²) in [7, 11) is 1.63. The van der Waals surface area contributed by atoms with Crippen LogP contribution in [0.25, 0.3) is 0 Å². The molecule has 1 atom stereocenters. The van der Waals surface area contributed by atoms with E-state index in [1.54, 1.807) is 7.11 Å². The van der Waals surface area contributed by atoms with Crippen LogP contribution in [0.3, 0.4) is 0 Å². The Hall–Kier alpha value is -1.26. The zero-order valence-corrected chi connectivity index (χ0v) is 11.6. The zero-order chi connectivity index (χ0) is 13.5. The maximum Gasteiger partial charge on any atom is 0.127 e. The molecular weight excluding hydrogens is 230 g/mol. The number of nitrogens with two attached hydrogens (primary N) is 1. The third-order valence-corrected chi connectivity index (χ3v) is 2.49. The van der Waals surface area contributed by atoms with Gasteiger partial charge in [-0.1, -0.05) is 6.07 Å². The molecular formula is C14H23NO3. The average molecular weight is 253 g/mol. The lowest BCUT2D eigenvalue weighted by molar-refractivity contribution is 0.0549. The number of methoxy groups -OCH3 is 1. The summed E-state index contributed by atoms with van der Waals surface area (Å²) in [5, 5.41) is 0. The maximum atomic E-state index is 5.95. The fourth-order valence-corrected chi connectivity index (χ4v) is 1.71. The fraction of sp³-hybridized carbons (Fsp3) is 0.571. The first kappa shape index (κ1) is 14.8. The highest BCUT2D eigenvalue weighted by Crippen LogP contribution is 2.32. The van der Waals surface area contributed by atoms with Gasteiger partial charge in [0.1, 0.15) is 18.1 Å². The Kier molecular flexibility index (Phi) is 5.95. The highest BCUT2D eigenvalue weighted by atomic mass is 16.5. The Morgan fingerprint density at radius 2 is 1.78 bits per heavy atom. The molecule has 0 amide bonds. The molecule has 0 aliphatic heterocycles. The van der Waals surface area contributed by atoms with Gasteiger partial charge < -0.3 is 19.9 Å². The van der Waals surface area contributed by atoms with Gasteiger partial charge in [0.15, 0.2) is 0 Å². The normalized spacial score (nSPS) is 12.6. The highest BCUT2D eigenvalue weighted by molar-refractivity contribution is 5.46. The van der Waals surface area contributed by atoms with Gasteiger partial charge in [0.2, 0.25) is 0 Å². The smallest absolute Gasteiger partial charge is 0.127 e. The standard InChI is InChI=1S/C14H23NO3/c1-10(2)17-8-9-18-13-7-5-6-12(16-4)14(13)11(3)15/h5-7,10-11H,8-9,15H2,1-4H3/t11-/m0/s1. The Morgan fingerprint density at radius 3 is 2.33 bits per heavy atom. The van der Waals surface area contributed by atoms with Crippen LogP contribution in [0, 0.1) is 0 Å². The van der Waals surface area contributed by atoms with Crippen molar-refractivity contribution in [1.29, 1.82) is 0 Å². The average Bonchev–Trinajstić information content (AvgIpc) is 2.33. The number of benzene rings is 1. The van der Waals surface area contributed by atoms with E-state index in [-0.39, 0.29) is 12.1 Å². The van der Waals surface area contributed by atoms with Gasteiger partial charge in [-0.2, -0.15) is 0 Å². The van der Waals surface area contributed by atoms with Crippen LogP contribution in [-0.4, -0.2) is 26.4 Å². The van der Waals surface area contributed by atoms with Gasteiger partial charge in [-0.05, 0) is 32.9 Å². The summed E-state index contributed by atoms with van der Waals surface area (Å²) in [6.07, 6.45) is 0.215. The largest absolute Gasteiger partial charge is 0.496 e. The molecule has 4 heteroatoms. The second-order valence-electron chi connectivity index (χ2n) is 4.43. The van der Waals surface area contributed by atoms with Gasteiger partial charge in [0, 0.05) is 6.04 Å². The molecule has 0 aromatic heterocycles. The predicted octanol–water partition coefficient (Wildman–Crippen LogP) is 2.52. The van der Waals surface area contributed by atoms with E-state index < -0.39 is 0 Å². The van der Waals surface area contributed by atoms with Crippen molar-refractivity contribution in [1.82, 2.24) is 0 Å². The molecule has 0 bridgehead atoms. The lowest BCUT2D eigenvalue weighted by Crippen LogP contribution is -2.14. The van der Waals surface area contributed by atoms with E-state index in [1.807, 2.05) is 39.0 Å². The molecule has 0 aliphatic rings. The maximum absolute atomic E-state index is 5.95. The summed E-state index contributed by atoms with van der Waals surface area (Å²) in [6.45, 7) is 6.98. The first-order chi connectivity index (χ1) is 8.56. The van der Waals surface area contributed by atoms with Gasteiger partial charge in [-0.25, -0.2) is 0 Å². The number of hydrogen-bond donors (Lipinski definition) is 1. The predicted molar refractivity (Wildman–Crippen MR) is 72.2 cm³/mol. The van der Waals surface area contributed by atoms with Crippen molar-refractivity contribution in [3.63, 3.8) is 0 Å². The number of ether oxygens (including phenoxy) is 3. The minimum absolute atomic E-state index is 0.137. The summed E-state index contributed by atoms with van der Waals surface area (Å²) in [5.74, 6) is 1.52. The Labute approximate surface area is 109 Å². The molecule has 0 radical (unpaired) electrons. The van der Waals surface area contributed by atoms with E-state index in [4.69, 9.17) is 19.9 Å². The second kappa shape index (κ2) is 7.24. The summed E-state index contributed by atoms with van der Waals surface area (Å²) in [4.78, 5) is 0. The van der Waals surface area contributed by atoms with Gasteiger partial charge >= 0.3 is 0 Å². The van der Waals surface area contributed by atoms with E-state index in [2.05, 4.69) is 0 Å². The van der Waals surface area contributed by atoms with Gasteiger partial charge in [0.05, 0.1) is 25.4 Å². The van der Waals surface area contributed by atoms with Crippen LogP contribution < -0.4 is 15.2 Å². The molecule has 0 aliphatic carbocycles. The first-order valence-electron chi connectivity index (χ1n) is 6.23. The van der Waals surface area contributed by atoms with E-state index in [9.17, 15) is 0 Å². The first-order valence-corrected chi connectivity index (χ1v) is 6.23. The van der Waals surface area contributed by atoms with Gasteiger partial charge in [0.25, 0.3) is 0 Å². The van der Waals surface area contributed by atoms with E-state index >= 15 is 0 Å². The van der Waals surface area contributed by atoms with Crippen molar-refractivity contribution >= 4 is 0 Å². The third-order valence-electron chi connectivity index (χ3n) is 2.49. The third kappa shape index (κ3) is 4.20. The van der Waals surface area contributed by atoms with Gasteiger partial charge in [-0.3, -0.25) is 0 Å². The van der Waals surface area contributed by atoms with Crippen LogP contribution in [-0.2, 0) is 4.74 Å². The molecule has 102 valence electrons. The molecule has 0 unspecified atom stereocenters. The van der Waals surface area contributed by atoms with Crippen LogP contribution in [0.5, 0.6) is 11.5 Å². The minimum Gasteiger partial charge on any atom is -0.496 e. The molecule has 0 saturated carbocycles. The SMILES string of the molecule is COc1cccc(OCCOC(C)C)c1[C@H](C)N. The molecule has 0 fully saturated rings. The van der Waals surface area contributed by atoms with Crippen molar-refractivity contribution in [2.75, 3.05) is 20.3 Å². The molecule has 0 spiro atoms. The highest BCUT2D eigenvalue weighted by Gasteiger charge is 2.14. The Bertz CT molecular complexity index is 364. The van der Waals surface area contributed by atoms with Crippen molar-refractivity contribution in [3.05, 3.63) is 23.8 Å². The van der Waals surface area contributed by atoms with Crippen molar-refractivity contribution in [2.45, 2.75) is 32.9 Å². The van der Waals surface area contributed by atoms with Crippen LogP contribution in [0.2, 0.25) is 0 Å². The molecule has 0 saturated heterocycles. The number of hydrogen-bond acceptors (Lipinski definition) is 4. The molecule has 1 aromatic carbocycles. The Balaban J connectivity index is 2.69. The van der Waals surface area contributed by atoms with Crippen LogP contribution in [0.1, 0.15) is 32.4 Å². The number of rotatable bonds is 7. The molecule has 0 heterocycles. The van der Waals surface area contributed by atoms with Crippen LogP contribution in [0.15, 0.2) is 18.2 Å². The summed E-state index contributed by atoms with van der Waals surface area (Å²) < 4.78 is 16.4. The van der Waals surface area contributed by atoms with E-state index in [0.29, 0.717) is 13.2 Å². The summed E-state index contributed by atoms with van der Waals surface area (Å²) in [6, 6.07) is 5.54. The second-order valence-corrected chi connectivity index (χ2v) is 4.43. The lowest BCUT2D eigenvalue weighted by Gasteiger charge is -2.17. The van der Waals surface area contributed by atoms with Crippen molar-refractivity contribution in [2.24, 2.45) is 5.73 Å². The lowest BCUT2D eigenvalue weighted by atomic mass is 10.1. The zero-order valence-electron chi connectivity index (χ0n) is 11.6. The molecule has 1 rings (SSSR count). The minimum atomic E-state index is -0.137. The van der Waals surface area contributed by atoms with Crippen LogP contribution in [0.4, 0.5) is 0 Å². The van der Waals surface area contributed by atoms with E-state index in [0.717, 1.165) is 17.1 Å². The molecule has 18 heavy (non-hydrogen) atoms. The van der Waals surface area contributed by atoms with Crippen molar-refractivity contribution in [3.8, 4) is 11.5 Å². The van der Waals surface area contributed by atoms with Crippen LogP contribution >= 0.6 is 0 Å².